The molecule has 104 valence electrons. The Hall–Kier alpha value is -2.30. The van der Waals surface area contributed by atoms with E-state index in [0.717, 1.165) is 6.07 Å². The van der Waals surface area contributed by atoms with Crippen molar-refractivity contribution in [1.82, 2.24) is 0 Å². The molecule has 0 unspecified atom stereocenters. The summed E-state index contributed by atoms with van der Waals surface area (Å²) in [5, 5.41) is 9.08. The monoisotopic (exact) mass is 280 g/mol. The standard InChI is InChI=1S/C15H11F3O2/c1-9-11(10-5-3-2-4-6-10)7-8-12(15(16,17)18)13(9)14(19)20/h2-8H,1H3,(H,19,20). The van der Waals surface area contributed by atoms with Crippen molar-refractivity contribution in [2.24, 2.45) is 0 Å². The van der Waals surface area contributed by atoms with Crippen molar-refractivity contribution in [3.05, 3.63) is 59.2 Å². The average molecular weight is 280 g/mol. The van der Waals surface area contributed by atoms with Crippen LogP contribution < -0.4 is 0 Å². The minimum Gasteiger partial charge on any atom is -0.478 e. The number of rotatable bonds is 2. The van der Waals surface area contributed by atoms with Crippen molar-refractivity contribution in [3.8, 4) is 11.1 Å². The molecule has 20 heavy (non-hydrogen) atoms. The van der Waals surface area contributed by atoms with Crippen LogP contribution in [0, 0.1) is 6.92 Å². The van der Waals surface area contributed by atoms with Crippen LogP contribution >= 0.6 is 0 Å². The molecule has 2 nitrogen and oxygen atoms in total. The van der Waals surface area contributed by atoms with E-state index in [1.807, 2.05) is 0 Å². The number of hydrogen-bond acceptors (Lipinski definition) is 1. The number of carboxylic acids is 1. The molecule has 2 aromatic carbocycles. The summed E-state index contributed by atoms with van der Waals surface area (Å²) in [5.41, 5.74) is -0.545. The molecule has 0 aliphatic heterocycles. The van der Waals surface area contributed by atoms with Crippen LogP contribution in [0.5, 0.6) is 0 Å². The second-order valence-corrected chi connectivity index (χ2v) is 4.33. The molecule has 2 aromatic rings. The highest BCUT2D eigenvalue weighted by Gasteiger charge is 2.36. The maximum absolute atomic E-state index is 12.9. The first-order chi connectivity index (χ1) is 9.32. The Morgan fingerprint density at radius 3 is 2.15 bits per heavy atom. The minimum atomic E-state index is -4.69. The Morgan fingerprint density at radius 1 is 1.05 bits per heavy atom. The van der Waals surface area contributed by atoms with Gasteiger partial charge in [0.1, 0.15) is 0 Å². The number of alkyl halides is 3. The van der Waals surface area contributed by atoms with E-state index in [4.69, 9.17) is 5.11 Å². The van der Waals surface area contributed by atoms with Gasteiger partial charge in [-0.3, -0.25) is 0 Å². The van der Waals surface area contributed by atoms with E-state index >= 15 is 0 Å². The van der Waals surface area contributed by atoms with Gasteiger partial charge in [0.25, 0.3) is 0 Å². The Balaban J connectivity index is 2.71. The van der Waals surface area contributed by atoms with Crippen LogP contribution in [0.15, 0.2) is 42.5 Å². The van der Waals surface area contributed by atoms with E-state index in [0.29, 0.717) is 11.1 Å². The van der Waals surface area contributed by atoms with Gasteiger partial charge in [-0.2, -0.15) is 13.2 Å². The maximum atomic E-state index is 12.9. The van der Waals surface area contributed by atoms with Crippen LogP contribution in [0.3, 0.4) is 0 Å². The van der Waals surface area contributed by atoms with Gasteiger partial charge in [-0.15, -0.1) is 0 Å². The molecule has 0 heterocycles. The highest BCUT2D eigenvalue weighted by Crippen LogP contribution is 2.36. The highest BCUT2D eigenvalue weighted by atomic mass is 19.4. The van der Waals surface area contributed by atoms with E-state index in [1.54, 1.807) is 30.3 Å². The topological polar surface area (TPSA) is 37.3 Å². The lowest BCUT2D eigenvalue weighted by atomic mass is 9.92. The third-order valence-corrected chi connectivity index (χ3v) is 3.07. The second kappa shape index (κ2) is 5.00. The summed E-state index contributed by atoms with van der Waals surface area (Å²) in [6, 6.07) is 10.8. The lowest BCUT2D eigenvalue weighted by Gasteiger charge is -2.15. The number of carboxylic acid groups (broad SMARTS) is 1. The van der Waals surface area contributed by atoms with Gasteiger partial charge in [0.15, 0.2) is 0 Å². The van der Waals surface area contributed by atoms with Crippen molar-refractivity contribution >= 4 is 5.97 Å². The fourth-order valence-electron chi connectivity index (χ4n) is 2.15. The van der Waals surface area contributed by atoms with Crippen LogP contribution in [0.4, 0.5) is 13.2 Å². The van der Waals surface area contributed by atoms with Gasteiger partial charge in [-0.1, -0.05) is 36.4 Å². The molecule has 0 spiro atoms. The normalized spacial score (nSPS) is 11.4. The van der Waals surface area contributed by atoms with Crippen LogP contribution in [0.1, 0.15) is 21.5 Å². The summed E-state index contributed by atoms with van der Waals surface area (Å²) in [6.45, 7) is 1.39. The van der Waals surface area contributed by atoms with Gasteiger partial charge in [-0.05, 0) is 29.7 Å². The summed E-state index contributed by atoms with van der Waals surface area (Å²) < 4.78 is 38.6. The van der Waals surface area contributed by atoms with Gasteiger partial charge in [0, 0.05) is 0 Å². The smallest absolute Gasteiger partial charge is 0.417 e. The van der Waals surface area contributed by atoms with E-state index in [9.17, 15) is 18.0 Å². The van der Waals surface area contributed by atoms with Crippen LogP contribution in [0.2, 0.25) is 0 Å². The lowest BCUT2D eigenvalue weighted by Crippen LogP contribution is -2.15. The zero-order chi connectivity index (χ0) is 14.9. The third kappa shape index (κ3) is 2.52. The molecule has 0 aliphatic carbocycles. The first-order valence-electron chi connectivity index (χ1n) is 5.82. The zero-order valence-corrected chi connectivity index (χ0v) is 10.5. The largest absolute Gasteiger partial charge is 0.478 e. The number of hydrogen-bond donors (Lipinski definition) is 1. The Kier molecular flexibility index (Phi) is 3.53. The molecule has 0 radical (unpaired) electrons. The molecule has 0 saturated heterocycles. The number of halogens is 3. The van der Waals surface area contributed by atoms with Crippen LogP contribution in [-0.4, -0.2) is 11.1 Å². The molecule has 5 heteroatoms. The van der Waals surface area contributed by atoms with Gasteiger partial charge in [0.2, 0.25) is 0 Å². The number of carbonyl (C=O) groups is 1. The Morgan fingerprint density at radius 2 is 1.65 bits per heavy atom. The van der Waals surface area contributed by atoms with Gasteiger partial charge < -0.3 is 5.11 Å². The first-order valence-corrected chi connectivity index (χ1v) is 5.82. The lowest BCUT2D eigenvalue weighted by molar-refractivity contribution is -0.138. The van der Waals surface area contributed by atoms with Crippen LogP contribution in [-0.2, 0) is 6.18 Å². The molecular weight excluding hydrogens is 269 g/mol. The Labute approximate surface area is 113 Å². The fraction of sp³-hybridized carbons (Fsp3) is 0.133. The maximum Gasteiger partial charge on any atom is 0.417 e. The molecule has 0 bridgehead atoms. The van der Waals surface area contributed by atoms with E-state index in [2.05, 4.69) is 0 Å². The van der Waals surface area contributed by atoms with E-state index < -0.39 is 23.3 Å². The van der Waals surface area contributed by atoms with Crippen molar-refractivity contribution in [1.29, 1.82) is 0 Å². The summed E-state index contributed by atoms with van der Waals surface area (Å²) in [4.78, 5) is 11.2. The molecular formula is C15H11F3O2. The zero-order valence-electron chi connectivity index (χ0n) is 10.5. The molecule has 0 aromatic heterocycles. The summed E-state index contributed by atoms with van der Waals surface area (Å²) in [5.74, 6) is -1.58. The summed E-state index contributed by atoms with van der Waals surface area (Å²) in [6.07, 6.45) is -4.69. The highest BCUT2D eigenvalue weighted by molar-refractivity contribution is 5.94. The molecule has 0 amide bonds. The van der Waals surface area contributed by atoms with Crippen molar-refractivity contribution < 1.29 is 23.1 Å². The predicted octanol–water partition coefficient (Wildman–Crippen LogP) is 4.38. The van der Waals surface area contributed by atoms with Gasteiger partial charge in [-0.25, -0.2) is 4.79 Å². The second-order valence-electron chi connectivity index (χ2n) is 4.33. The van der Waals surface area contributed by atoms with Crippen molar-refractivity contribution in [2.75, 3.05) is 0 Å². The molecule has 0 aliphatic rings. The third-order valence-electron chi connectivity index (χ3n) is 3.07. The van der Waals surface area contributed by atoms with E-state index in [1.165, 1.54) is 13.0 Å². The molecule has 1 N–H and O–H groups in total. The number of benzene rings is 2. The summed E-state index contributed by atoms with van der Waals surface area (Å²) >= 11 is 0. The molecule has 0 fully saturated rings. The minimum absolute atomic E-state index is 0.110. The molecule has 0 atom stereocenters. The fourth-order valence-corrected chi connectivity index (χ4v) is 2.15. The van der Waals surface area contributed by atoms with Crippen LogP contribution in [0.25, 0.3) is 11.1 Å². The van der Waals surface area contributed by atoms with Gasteiger partial charge in [0.05, 0.1) is 11.1 Å². The first kappa shape index (κ1) is 14.1. The quantitative estimate of drug-likeness (QED) is 0.886. The van der Waals surface area contributed by atoms with E-state index in [-0.39, 0.29) is 5.56 Å². The molecule has 2 rings (SSSR count). The Bertz CT molecular complexity index is 646. The SMILES string of the molecule is Cc1c(-c2ccccc2)ccc(C(F)(F)F)c1C(=O)O. The van der Waals surface area contributed by atoms with Crippen molar-refractivity contribution in [2.45, 2.75) is 13.1 Å². The van der Waals surface area contributed by atoms with Crippen molar-refractivity contribution in [3.63, 3.8) is 0 Å². The molecule has 0 saturated carbocycles. The average Bonchev–Trinajstić information content (AvgIpc) is 2.37. The van der Waals surface area contributed by atoms with Gasteiger partial charge >= 0.3 is 12.1 Å². The number of aromatic carboxylic acids is 1. The predicted molar refractivity (Wildman–Crippen MR) is 68.6 cm³/mol. The summed E-state index contributed by atoms with van der Waals surface area (Å²) in [7, 11) is 0.